The summed E-state index contributed by atoms with van der Waals surface area (Å²) in [5.41, 5.74) is 0.996. The molecule has 222 valence electrons. The van der Waals surface area contributed by atoms with Crippen LogP contribution < -0.4 is 0 Å². The van der Waals surface area contributed by atoms with E-state index in [1.165, 1.54) is 12.6 Å². The zero-order valence-electron chi connectivity index (χ0n) is 25.0. The molecule has 2 aromatic rings. The lowest BCUT2D eigenvalue weighted by molar-refractivity contribution is -0.169. The Hall–Kier alpha value is -3.65. The topological polar surface area (TPSA) is 102 Å². The Balaban J connectivity index is 2.04. The standard InChI is InChI=1S/C33H43NO7/c1-23(2)21-33(30(36)37,34(6)31(38)41-32(3,4)5)28(29(35)40-22-25-10-8-7-9-11-25)20-24-12-14-26(15-13-24)27-16-18-39-19-17-27/h7-16,23,28H,17-22H2,1-6H3,(H,36,37)/t28-,33-/m0/s1. The predicted octanol–water partition coefficient (Wildman–Crippen LogP) is 6.13. The Kier molecular flexibility index (Phi) is 10.7. The van der Waals surface area contributed by atoms with Crippen LogP contribution in [0.2, 0.25) is 0 Å². The zero-order valence-corrected chi connectivity index (χ0v) is 25.0. The lowest BCUT2D eigenvalue weighted by Crippen LogP contribution is -2.63. The molecule has 1 aliphatic rings. The van der Waals surface area contributed by atoms with Gasteiger partial charge in [-0.15, -0.1) is 0 Å². The first-order valence-electron chi connectivity index (χ1n) is 14.1. The molecule has 3 rings (SSSR count). The number of carboxylic acid groups (broad SMARTS) is 1. The van der Waals surface area contributed by atoms with Crippen LogP contribution in [0.25, 0.3) is 5.57 Å². The fourth-order valence-electron chi connectivity index (χ4n) is 5.16. The van der Waals surface area contributed by atoms with Gasteiger partial charge in [-0.2, -0.15) is 0 Å². The number of amides is 1. The summed E-state index contributed by atoms with van der Waals surface area (Å²) in [4.78, 5) is 41.6. The van der Waals surface area contributed by atoms with Crippen molar-refractivity contribution < 1.29 is 33.7 Å². The van der Waals surface area contributed by atoms with Crippen molar-refractivity contribution in [1.29, 1.82) is 0 Å². The zero-order chi connectivity index (χ0) is 30.2. The van der Waals surface area contributed by atoms with Gasteiger partial charge in [-0.1, -0.05) is 74.5 Å². The van der Waals surface area contributed by atoms with E-state index in [4.69, 9.17) is 14.2 Å². The third kappa shape index (κ3) is 8.43. The summed E-state index contributed by atoms with van der Waals surface area (Å²) < 4.78 is 16.7. The van der Waals surface area contributed by atoms with E-state index < -0.39 is 35.1 Å². The number of esters is 1. The van der Waals surface area contributed by atoms with Gasteiger partial charge in [0.05, 0.1) is 19.1 Å². The molecule has 8 heteroatoms. The highest BCUT2D eigenvalue weighted by Crippen LogP contribution is 2.37. The molecule has 0 saturated carbocycles. The van der Waals surface area contributed by atoms with Gasteiger partial charge in [-0.25, -0.2) is 9.59 Å². The number of rotatable bonds is 11. The number of ether oxygens (including phenoxy) is 3. The van der Waals surface area contributed by atoms with Gasteiger partial charge in [0, 0.05) is 7.05 Å². The van der Waals surface area contributed by atoms with Crippen molar-refractivity contribution in [2.45, 2.75) is 71.6 Å². The van der Waals surface area contributed by atoms with Crippen LogP contribution in [-0.2, 0) is 36.8 Å². The Morgan fingerprint density at radius 3 is 2.20 bits per heavy atom. The second-order valence-corrected chi connectivity index (χ2v) is 12.0. The summed E-state index contributed by atoms with van der Waals surface area (Å²) in [6.45, 7) is 10.1. The fraction of sp³-hybridized carbons (Fsp3) is 0.485. The minimum absolute atomic E-state index is 0.0150. The summed E-state index contributed by atoms with van der Waals surface area (Å²) in [6, 6.07) is 17.0. The number of carboxylic acids is 1. The second kappa shape index (κ2) is 13.8. The molecular weight excluding hydrogens is 522 g/mol. The molecule has 41 heavy (non-hydrogen) atoms. The molecule has 0 bridgehead atoms. The summed E-state index contributed by atoms with van der Waals surface area (Å²) in [6.07, 6.45) is 2.13. The van der Waals surface area contributed by atoms with E-state index in [9.17, 15) is 19.5 Å². The Morgan fingerprint density at radius 2 is 1.66 bits per heavy atom. The first kappa shape index (κ1) is 31.9. The monoisotopic (exact) mass is 565 g/mol. The van der Waals surface area contributed by atoms with E-state index >= 15 is 0 Å². The molecule has 0 radical (unpaired) electrons. The smallest absolute Gasteiger partial charge is 0.411 e. The van der Waals surface area contributed by atoms with Gasteiger partial charge in [-0.05, 0) is 68.2 Å². The van der Waals surface area contributed by atoms with Gasteiger partial charge in [0.25, 0.3) is 0 Å². The number of carbonyl (C=O) groups excluding carboxylic acids is 2. The van der Waals surface area contributed by atoms with Crippen molar-refractivity contribution in [3.05, 3.63) is 77.4 Å². The van der Waals surface area contributed by atoms with Crippen LogP contribution in [0.5, 0.6) is 0 Å². The van der Waals surface area contributed by atoms with E-state index in [-0.39, 0.29) is 25.4 Å². The lowest BCUT2D eigenvalue weighted by Gasteiger charge is -2.44. The molecule has 0 spiro atoms. The van der Waals surface area contributed by atoms with Crippen LogP contribution in [0.4, 0.5) is 4.79 Å². The van der Waals surface area contributed by atoms with E-state index in [1.807, 2.05) is 68.4 Å². The van der Waals surface area contributed by atoms with Crippen molar-refractivity contribution in [2.24, 2.45) is 11.8 Å². The molecule has 0 fully saturated rings. The van der Waals surface area contributed by atoms with Crippen molar-refractivity contribution in [3.8, 4) is 0 Å². The number of hydrogen-bond acceptors (Lipinski definition) is 6. The van der Waals surface area contributed by atoms with Crippen molar-refractivity contribution >= 4 is 23.6 Å². The average molecular weight is 566 g/mol. The van der Waals surface area contributed by atoms with Crippen LogP contribution in [0, 0.1) is 11.8 Å². The second-order valence-electron chi connectivity index (χ2n) is 12.0. The van der Waals surface area contributed by atoms with Crippen molar-refractivity contribution in [2.75, 3.05) is 20.3 Å². The molecule has 8 nitrogen and oxygen atoms in total. The molecule has 2 atom stereocenters. The minimum Gasteiger partial charge on any atom is -0.479 e. The van der Waals surface area contributed by atoms with Crippen LogP contribution in [0.1, 0.15) is 64.2 Å². The predicted molar refractivity (Wildman–Crippen MR) is 157 cm³/mol. The third-order valence-electron chi connectivity index (χ3n) is 7.17. The molecule has 0 aromatic heterocycles. The maximum absolute atomic E-state index is 13.9. The van der Waals surface area contributed by atoms with Crippen LogP contribution in [0.15, 0.2) is 60.7 Å². The van der Waals surface area contributed by atoms with E-state index in [1.54, 1.807) is 20.8 Å². The molecule has 1 heterocycles. The summed E-state index contributed by atoms with van der Waals surface area (Å²) in [7, 11) is 1.39. The maximum Gasteiger partial charge on any atom is 0.411 e. The van der Waals surface area contributed by atoms with Gasteiger partial charge in [0.15, 0.2) is 5.54 Å². The SMILES string of the molecule is CC(C)C[C@@](C(=O)O)([C@@H](Cc1ccc(C2=CCOCC2)cc1)C(=O)OCc1ccccc1)N(C)C(=O)OC(C)(C)C. The molecule has 1 amide bonds. The largest absolute Gasteiger partial charge is 0.479 e. The van der Waals surface area contributed by atoms with E-state index in [0.717, 1.165) is 28.0 Å². The van der Waals surface area contributed by atoms with E-state index in [0.29, 0.717) is 13.2 Å². The molecule has 1 aliphatic heterocycles. The summed E-state index contributed by atoms with van der Waals surface area (Å²) in [5, 5.41) is 10.8. The highest BCUT2D eigenvalue weighted by atomic mass is 16.6. The Morgan fingerprint density at radius 1 is 1.00 bits per heavy atom. The van der Waals surface area contributed by atoms with E-state index in [2.05, 4.69) is 6.08 Å². The van der Waals surface area contributed by atoms with Crippen LogP contribution in [0.3, 0.4) is 0 Å². The number of benzene rings is 2. The summed E-state index contributed by atoms with van der Waals surface area (Å²) >= 11 is 0. The molecule has 1 N–H and O–H groups in total. The van der Waals surface area contributed by atoms with Crippen LogP contribution >= 0.6 is 0 Å². The summed E-state index contributed by atoms with van der Waals surface area (Å²) in [5.74, 6) is -3.35. The fourth-order valence-corrected chi connectivity index (χ4v) is 5.16. The highest BCUT2D eigenvalue weighted by molar-refractivity contribution is 5.91. The van der Waals surface area contributed by atoms with Gasteiger partial charge < -0.3 is 19.3 Å². The van der Waals surface area contributed by atoms with Gasteiger partial charge in [-0.3, -0.25) is 9.69 Å². The number of carbonyl (C=O) groups is 3. The molecule has 0 unspecified atom stereocenters. The van der Waals surface area contributed by atoms with Crippen molar-refractivity contribution in [1.82, 2.24) is 4.90 Å². The first-order valence-corrected chi connectivity index (χ1v) is 14.1. The number of nitrogens with zero attached hydrogens (tertiary/aromatic N) is 1. The average Bonchev–Trinajstić information content (AvgIpc) is 2.93. The number of likely N-dealkylation sites (N-methyl/N-ethyl adjacent to an activating group) is 1. The first-order chi connectivity index (χ1) is 19.3. The molecular formula is C33H43NO7. The maximum atomic E-state index is 13.9. The Bertz CT molecular complexity index is 1210. The minimum atomic E-state index is -1.92. The van der Waals surface area contributed by atoms with Crippen molar-refractivity contribution in [3.63, 3.8) is 0 Å². The Labute approximate surface area is 243 Å². The number of aliphatic carboxylic acids is 1. The number of hydrogen-bond donors (Lipinski definition) is 1. The lowest BCUT2D eigenvalue weighted by atomic mass is 9.73. The normalized spacial score (nSPS) is 15.8. The quantitative estimate of drug-likeness (QED) is 0.327. The third-order valence-corrected chi connectivity index (χ3v) is 7.17. The highest BCUT2D eigenvalue weighted by Gasteiger charge is 2.56. The van der Waals surface area contributed by atoms with Gasteiger partial charge >= 0.3 is 18.0 Å². The molecule has 2 aromatic carbocycles. The molecule has 0 saturated heterocycles. The van der Waals surface area contributed by atoms with Gasteiger partial charge in [0.2, 0.25) is 0 Å². The van der Waals surface area contributed by atoms with Gasteiger partial charge in [0.1, 0.15) is 12.2 Å². The van der Waals surface area contributed by atoms with Crippen LogP contribution in [-0.4, -0.2) is 59.4 Å². The molecule has 0 aliphatic carbocycles.